The molecule has 0 amide bonds. The topological polar surface area (TPSA) is 37.3 Å². The summed E-state index contributed by atoms with van der Waals surface area (Å²) in [4.78, 5) is 10.4. The molecule has 0 spiro atoms. The molecule has 24 heavy (non-hydrogen) atoms. The lowest BCUT2D eigenvalue weighted by molar-refractivity contribution is -0.137. The highest BCUT2D eigenvalue weighted by Gasteiger charge is 2.00. The van der Waals surface area contributed by atoms with Crippen LogP contribution >= 0.6 is 22.2 Å². The summed E-state index contributed by atoms with van der Waals surface area (Å²) in [5.74, 6) is -0.660. The summed E-state index contributed by atoms with van der Waals surface area (Å²) >= 11 is 11.7. The average Bonchev–Trinajstić information content (AvgIpc) is 2.53. The van der Waals surface area contributed by atoms with Gasteiger partial charge in [0.25, 0.3) is 0 Å². The summed E-state index contributed by atoms with van der Waals surface area (Å²) in [5, 5.41) is 8.55. The SMILES string of the molecule is O=C(O)CCCCCCCCCCCCCCCCCC[SiH](Cl)Cl. The van der Waals surface area contributed by atoms with Crippen LogP contribution in [-0.2, 0) is 4.79 Å². The molecule has 0 aromatic carbocycles. The Balaban J connectivity index is 2.99. The highest BCUT2D eigenvalue weighted by molar-refractivity contribution is 7.33. The zero-order valence-electron chi connectivity index (χ0n) is 15.4. The van der Waals surface area contributed by atoms with Gasteiger partial charge >= 0.3 is 5.97 Å². The van der Waals surface area contributed by atoms with Crippen LogP contribution in [0.2, 0.25) is 6.04 Å². The number of carbonyl (C=O) groups is 1. The molecule has 0 aromatic heterocycles. The number of hydrogen-bond acceptors (Lipinski definition) is 1. The van der Waals surface area contributed by atoms with Gasteiger partial charge in [-0.2, -0.15) is 22.2 Å². The highest BCUT2D eigenvalue weighted by Crippen LogP contribution is 2.15. The number of carboxylic acids is 1. The molecule has 0 unspecified atom stereocenters. The predicted octanol–water partition coefficient (Wildman–Crippen LogP) is 7.40. The summed E-state index contributed by atoms with van der Waals surface area (Å²) in [6, 6.07) is 1.07. The van der Waals surface area contributed by atoms with Crippen LogP contribution in [0.5, 0.6) is 0 Å². The molecule has 0 saturated heterocycles. The van der Waals surface area contributed by atoms with Crippen molar-refractivity contribution >= 4 is 35.5 Å². The summed E-state index contributed by atoms with van der Waals surface area (Å²) in [5.41, 5.74) is 0. The van der Waals surface area contributed by atoms with Gasteiger partial charge in [0.1, 0.15) is 0 Å². The van der Waals surface area contributed by atoms with Gasteiger partial charge in [-0.05, 0) is 12.5 Å². The summed E-state index contributed by atoms with van der Waals surface area (Å²) in [6.07, 6.45) is 21.0. The fraction of sp³-hybridized carbons (Fsp3) is 0.947. The first-order valence-electron chi connectivity index (χ1n) is 10.1. The standard InChI is InChI=1S/C19H38Cl2O2Si/c20-24(21)18-16-14-12-10-8-6-4-2-1-3-5-7-9-11-13-15-17-19(22)23/h24H,1-18H2,(H,22,23). The maximum absolute atomic E-state index is 10.4. The van der Waals surface area contributed by atoms with Crippen molar-refractivity contribution in [3.63, 3.8) is 0 Å². The lowest BCUT2D eigenvalue weighted by Crippen LogP contribution is -1.93. The molecule has 0 fully saturated rings. The Bertz CT molecular complexity index is 276. The van der Waals surface area contributed by atoms with Gasteiger partial charge in [0.05, 0.1) is 0 Å². The predicted molar refractivity (Wildman–Crippen MR) is 110 cm³/mol. The Morgan fingerprint density at radius 2 is 0.875 bits per heavy atom. The van der Waals surface area contributed by atoms with E-state index in [1.165, 1.54) is 89.9 Å². The second kappa shape index (κ2) is 19.6. The minimum atomic E-state index is -1.35. The zero-order valence-corrected chi connectivity index (χ0v) is 18.1. The molecule has 2 nitrogen and oxygen atoms in total. The molecule has 1 N–H and O–H groups in total. The number of rotatable bonds is 19. The first-order valence-corrected chi connectivity index (χ1v) is 14.4. The quantitative estimate of drug-likeness (QED) is 0.140. The number of aliphatic carboxylic acids is 1. The van der Waals surface area contributed by atoms with Crippen LogP contribution in [0.1, 0.15) is 109 Å². The van der Waals surface area contributed by atoms with Gasteiger partial charge in [-0.15, -0.1) is 0 Å². The third kappa shape index (κ3) is 22.3. The molecule has 0 aliphatic carbocycles. The molecule has 0 rings (SSSR count). The van der Waals surface area contributed by atoms with Crippen molar-refractivity contribution in [3.8, 4) is 0 Å². The van der Waals surface area contributed by atoms with E-state index in [1.54, 1.807) is 0 Å². The minimum Gasteiger partial charge on any atom is -0.481 e. The van der Waals surface area contributed by atoms with Crippen LogP contribution in [-0.4, -0.2) is 18.5 Å². The molecular formula is C19H38Cl2O2Si. The van der Waals surface area contributed by atoms with Crippen LogP contribution < -0.4 is 0 Å². The van der Waals surface area contributed by atoms with E-state index in [1.807, 2.05) is 0 Å². The fourth-order valence-corrected chi connectivity index (χ4v) is 4.57. The van der Waals surface area contributed by atoms with Crippen molar-refractivity contribution in [1.82, 2.24) is 0 Å². The van der Waals surface area contributed by atoms with E-state index in [4.69, 9.17) is 27.3 Å². The molecule has 0 atom stereocenters. The number of halogens is 2. The van der Waals surface area contributed by atoms with Gasteiger partial charge < -0.3 is 5.11 Å². The van der Waals surface area contributed by atoms with Gasteiger partial charge in [0.2, 0.25) is 7.42 Å². The maximum atomic E-state index is 10.4. The number of carboxylic acid groups (broad SMARTS) is 1. The van der Waals surface area contributed by atoms with E-state index in [9.17, 15) is 4.79 Å². The third-order valence-corrected chi connectivity index (χ3v) is 6.72. The second-order valence-corrected chi connectivity index (χ2v) is 12.2. The molecule has 0 aromatic rings. The normalized spacial score (nSPS) is 11.3. The molecule has 0 heterocycles. The van der Waals surface area contributed by atoms with Crippen molar-refractivity contribution in [3.05, 3.63) is 0 Å². The van der Waals surface area contributed by atoms with Crippen LogP contribution in [0.4, 0.5) is 0 Å². The minimum absolute atomic E-state index is 0.336. The monoisotopic (exact) mass is 396 g/mol. The van der Waals surface area contributed by atoms with E-state index in [0.29, 0.717) is 6.42 Å². The summed E-state index contributed by atoms with van der Waals surface area (Å²) in [7, 11) is -1.35. The van der Waals surface area contributed by atoms with Crippen molar-refractivity contribution in [2.75, 3.05) is 0 Å². The van der Waals surface area contributed by atoms with E-state index >= 15 is 0 Å². The second-order valence-electron chi connectivity index (χ2n) is 6.98. The molecule has 0 aliphatic rings. The fourth-order valence-electron chi connectivity index (χ4n) is 3.05. The first-order chi connectivity index (χ1) is 11.6. The Hall–Kier alpha value is 0.267. The Morgan fingerprint density at radius 3 is 1.17 bits per heavy atom. The van der Waals surface area contributed by atoms with Gasteiger partial charge in [-0.25, -0.2) is 0 Å². The smallest absolute Gasteiger partial charge is 0.303 e. The summed E-state index contributed by atoms with van der Waals surface area (Å²) in [6.45, 7) is 0. The van der Waals surface area contributed by atoms with Crippen LogP contribution in [0.3, 0.4) is 0 Å². The Morgan fingerprint density at radius 1 is 0.583 bits per heavy atom. The van der Waals surface area contributed by atoms with Crippen LogP contribution in [0.15, 0.2) is 0 Å². The molecule has 5 heteroatoms. The molecule has 0 saturated carbocycles. The maximum Gasteiger partial charge on any atom is 0.303 e. The van der Waals surface area contributed by atoms with E-state index in [-0.39, 0.29) is 0 Å². The number of hydrogen-bond donors (Lipinski definition) is 1. The number of unbranched alkanes of at least 4 members (excludes halogenated alkanes) is 15. The first kappa shape index (κ1) is 24.3. The molecule has 0 radical (unpaired) electrons. The zero-order chi connectivity index (χ0) is 17.9. The van der Waals surface area contributed by atoms with Gasteiger partial charge in [-0.3, -0.25) is 4.79 Å². The van der Waals surface area contributed by atoms with Gasteiger partial charge in [0, 0.05) is 6.42 Å². The van der Waals surface area contributed by atoms with E-state index in [0.717, 1.165) is 18.9 Å². The van der Waals surface area contributed by atoms with Crippen molar-refractivity contribution in [2.45, 2.75) is 115 Å². The summed E-state index contributed by atoms with van der Waals surface area (Å²) < 4.78 is 0. The molecule has 0 bridgehead atoms. The molecule has 0 aliphatic heterocycles. The Labute approximate surface area is 160 Å². The van der Waals surface area contributed by atoms with Crippen molar-refractivity contribution < 1.29 is 9.90 Å². The van der Waals surface area contributed by atoms with E-state index in [2.05, 4.69) is 0 Å². The largest absolute Gasteiger partial charge is 0.481 e. The lowest BCUT2D eigenvalue weighted by atomic mass is 10.0. The van der Waals surface area contributed by atoms with Crippen LogP contribution in [0, 0.1) is 0 Å². The van der Waals surface area contributed by atoms with Gasteiger partial charge in [0.15, 0.2) is 0 Å². The average molecular weight is 398 g/mol. The highest BCUT2D eigenvalue weighted by atomic mass is 35.7. The van der Waals surface area contributed by atoms with Crippen molar-refractivity contribution in [2.24, 2.45) is 0 Å². The van der Waals surface area contributed by atoms with Gasteiger partial charge in [-0.1, -0.05) is 96.3 Å². The third-order valence-electron chi connectivity index (χ3n) is 4.56. The molecule has 144 valence electrons. The lowest BCUT2D eigenvalue weighted by Gasteiger charge is -2.04. The van der Waals surface area contributed by atoms with E-state index < -0.39 is 13.4 Å². The van der Waals surface area contributed by atoms with Crippen molar-refractivity contribution in [1.29, 1.82) is 0 Å². The molecular weight excluding hydrogens is 359 g/mol. The Kier molecular flexibility index (Phi) is 19.8. The van der Waals surface area contributed by atoms with Crippen LogP contribution in [0.25, 0.3) is 0 Å².